The Labute approximate surface area is 128 Å². The maximum atomic E-state index is 12.1. The summed E-state index contributed by atoms with van der Waals surface area (Å²) in [6.45, 7) is 4.22. The number of hydrogen-bond donors (Lipinski definition) is 3. The standard InChI is InChI=1S/C15H21BrN2O2/c1-10(11-4-6-17-7-5-11)8-15(20)18-13-9-12(16)2-3-14(13)19/h2-3,9-11,17,19H,4-8H2,1H3,(H,18,20). The van der Waals surface area contributed by atoms with Crippen molar-refractivity contribution in [2.75, 3.05) is 18.4 Å². The molecule has 1 aromatic rings. The summed E-state index contributed by atoms with van der Waals surface area (Å²) >= 11 is 3.33. The second-order valence-corrected chi connectivity index (χ2v) is 6.39. The van der Waals surface area contributed by atoms with Crippen LogP contribution in [0.25, 0.3) is 0 Å². The molecular formula is C15H21BrN2O2. The minimum absolute atomic E-state index is 0.0376. The highest BCUT2D eigenvalue weighted by molar-refractivity contribution is 9.10. The fraction of sp³-hybridized carbons (Fsp3) is 0.533. The molecule has 0 saturated carbocycles. The topological polar surface area (TPSA) is 61.4 Å². The molecule has 1 heterocycles. The van der Waals surface area contributed by atoms with Gasteiger partial charge in [0.2, 0.25) is 5.91 Å². The summed E-state index contributed by atoms with van der Waals surface area (Å²) < 4.78 is 0.831. The Kier molecular flexibility index (Phi) is 5.43. The minimum Gasteiger partial charge on any atom is -0.506 e. The van der Waals surface area contributed by atoms with Crippen molar-refractivity contribution < 1.29 is 9.90 Å². The monoisotopic (exact) mass is 340 g/mol. The molecule has 0 aliphatic carbocycles. The van der Waals surface area contributed by atoms with Gasteiger partial charge >= 0.3 is 0 Å². The van der Waals surface area contributed by atoms with E-state index < -0.39 is 0 Å². The van der Waals surface area contributed by atoms with Crippen molar-refractivity contribution in [2.24, 2.45) is 11.8 Å². The molecule has 0 spiro atoms. The van der Waals surface area contributed by atoms with Gasteiger partial charge in [0.1, 0.15) is 5.75 Å². The average Bonchev–Trinajstić information content (AvgIpc) is 2.43. The molecule has 1 amide bonds. The molecule has 0 radical (unpaired) electrons. The molecule has 3 N–H and O–H groups in total. The normalized spacial score (nSPS) is 17.7. The first kappa shape index (κ1) is 15.3. The molecule has 0 aromatic heterocycles. The lowest BCUT2D eigenvalue weighted by molar-refractivity contribution is -0.117. The van der Waals surface area contributed by atoms with Gasteiger partial charge in [-0.05, 0) is 56.0 Å². The highest BCUT2D eigenvalue weighted by Crippen LogP contribution is 2.28. The van der Waals surface area contributed by atoms with E-state index in [0.717, 1.165) is 30.4 Å². The van der Waals surface area contributed by atoms with Crippen molar-refractivity contribution in [3.05, 3.63) is 22.7 Å². The van der Waals surface area contributed by atoms with Gasteiger partial charge < -0.3 is 15.7 Å². The second-order valence-electron chi connectivity index (χ2n) is 5.48. The van der Waals surface area contributed by atoms with Crippen LogP contribution in [0.1, 0.15) is 26.2 Å². The van der Waals surface area contributed by atoms with E-state index in [4.69, 9.17) is 0 Å². The Morgan fingerprint density at radius 2 is 2.20 bits per heavy atom. The van der Waals surface area contributed by atoms with Crippen LogP contribution in [0.15, 0.2) is 22.7 Å². The zero-order chi connectivity index (χ0) is 14.5. The van der Waals surface area contributed by atoms with Gasteiger partial charge in [-0.1, -0.05) is 22.9 Å². The van der Waals surface area contributed by atoms with E-state index in [2.05, 4.69) is 33.5 Å². The number of halogens is 1. The van der Waals surface area contributed by atoms with Crippen LogP contribution in [0, 0.1) is 11.8 Å². The van der Waals surface area contributed by atoms with Crippen LogP contribution < -0.4 is 10.6 Å². The van der Waals surface area contributed by atoms with Gasteiger partial charge in [-0.3, -0.25) is 4.79 Å². The fourth-order valence-corrected chi connectivity index (χ4v) is 3.04. The van der Waals surface area contributed by atoms with Crippen LogP contribution in [0.4, 0.5) is 5.69 Å². The van der Waals surface area contributed by atoms with E-state index in [1.807, 2.05) is 0 Å². The Balaban J connectivity index is 1.89. The van der Waals surface area contributed by atoms with E-state index in [-0.39, 0.29) is 11.7 Å². The van der Waals surface area contributed by atoms with Crippen LogP contribution in [0.2, 0.25) is 0 Å². The lowest BCUT2D eigenvalue weighted by Gasteiger charge is -2.27. The molecule has 110 valence electrons. The number of amides is 1. The number of benzene rings is 1. The second kappa shape index (κ2) is 7.09. The summed E-state index contributed by atoms with van der Waals surface area (Å²) in [5.41, 5.74) is 0.460. The molecule has 1 aliphatic rings. The lowest BCUT2D eigenvalue weighted by Crippen LogP contribution is -2.32. The Hall–Kier alpha value is -1.07. The molecular weight excluding hydrogens is 320 g/mol. The number of nitrogens with one attached hydrogen (secondary N) is 2. The molecule has 1 unspecified atom stereocenters. The van der Waals surface area contributed by atoms with Crippen molar-refractivity contribution in [3.63, 3.8) is 0 Å². The number of carbonyl (C=O) groups is 1. The van der Waals surface area contributed by atoms with Gasteiger partial charge in [0.05, 0.1) is 5.69 Å². The average molecular weight is 341 g/mol. The van der Waals surface area contributed by atoms with Crippen LogP contribution in [0.3, 0.4) is 0 Å². The molecule has 0 bridgehead atoms. The quantitative estimate of drug-likeness (QED) is 0.738. The molecule has 1 fully saturated rings. The molecule has 4 nitrogen and oxygen atoms in total. The van der Waals surface area contributed by atoms with E-state index in [1.165, 1.54) is 0 Å². The van der Waals surface area contributed by atoms with Gasteiger partial charge in [-0.25, -0.2) is 0 Å². The fourth-order valence-electron chi connectivity index (χ4n) is 2.68. The largest absolute Gasteiger partial charge is 0.506 e. The molecule has 1 atom stereocenters. The number of rotatable bonds is 4. The highest BCUT2D eigenvalue weighted by atomic mass is 79.9. The maximum Gasteiger partial charge on any atom is 0.224 e. The number of phenols is 1. The van der Waals surface area contributed by atoms with Crippen molar-refractivity contribution in [1.29, 1.82) is 0 Å². The number of phenolic OH excluding ortho intramolecular Hbond substituents is 1. The van der Waals surface area contributed by atoms with Crippen LogP contribution in [-0.2, 0) is 4.79 Å². The van der Waals surface area contributed by atoms with Crippen LogP contribution >= 0.6 is 15.9 Å². The number of hydrogen-bond acceptors (Lipinski definition) is 3. The lowest BCUT2D eigenvalue weighted by atomic mass is 9.84. The van der Waals surface area contributed by atoms with Gasteiger partial charge in [-0.15, -0.1) is 0 Å². The van der Waals surface area contributed by atoms with E-state index in [0.29, 0.717) is 23.9 Å². The molecule has 1 saturated heterocycles. The zero-order valence-electron chi connectivity index (χ0n) is 11.7. The predicted octanol–water partition coefficient (Wildman–Crippen LogP) is 3.12. The van der Waals surface area contributed by atoms with Gasteiger partial charge in [0.15, 0.2) is 0 Å². The third kappa shape index (κ3) is 4.21. The summed E-state index contributed by atoms with van der Waals surface area (Å²) in [4.78, 5) is 12.1. The Bertz CT molecular complexity index is 473. The van der Waals surface area contributed by atoms with Crippen molar-refractivity contribution in [2.45, 2.75) is 26.2 Å². The summed E-state index contributed by atoms with van der Waals surface area (Å²) in [7, 11) is 0. The first-order valence-corrected chi connectivity index (χ1v) is 7.84. The zero-order valence-corrected chi connectivity index (χ0v) is 13.2. The first-order valence-electron chi connectivity index (χ1n) is 7.05. The van der Waals surface area contributed by atoms with E-state index in [1.54, 1.807) is 18.2 Å². The summed E-state index contributed by atoms with van der Waals surface area (Å²) in [6.07, 6.45) is 2.77. The van der Waals surface area contributed by atoms with Crippen molar-refractivity contribution in [3.8, 4) is 5.75 Å². The third-order valence-electron chi connectivity index (χ3n) is 3.93. The third-order valence-corrected chi connectivity index (χ3v) is 4.42. The van der Waals surface area contributed by atoms with E-state index >= 15 is 0 Å². The van der Waals surface area contributed by atoms with E-state index in [9.17, 15) is 9.90 Å². The summed E-state index contributed by atoms with van der Waals surface area (Å²) in [5.74, 6) is 1.03. The van der Waals surface area contributed by atoms with Gasteiger partial charge in [-0.2, -0.15) is 0 Å². The Morgan fingerprint density at radius 1 is 1.50 bits per heavy atom. The van der Waals surface area contributed by atoms with Crippen LogP contribution in [-0.4, -0.2) is 24.1 Å². The smallest absolute Gasteiger partial charge is 0.224 e. The molecule has 5 heteroatoms. The van der Waals surface area contributed by atoms with Crippen molar-refractivity contribution >= 4 is 27.5 Å². The van der Waals surface area contributed by atoms with Gasteiger partial charge in [0, 0.05) is 10.9 Å². The molecule has 2 rings (SSSR count). The number of carbonyl (C=O) groups excluding carboxylic acids is 1. The maximum absolute atomic E-state index is 12.1. The first-order chi connectivity index (χ1) is 9.56. The summed E-state index contributed by atoms with van der Waals surface area (Å²) in [5, 5.41) is 15.8. The van der Waals surface area contributed by atoms with Gasteiger partial charge in [0.25, 0.3) is 0 Å². The predicted molar refractivity (Wildman–Crippen MR) is 83.8 cm³/mol. The number of piperidine rings is 1. The molecule has 20 heavy (non-hydrogen) atoms. The Morgan fingerprint density at radius 3 is 2.90 bits per heavy atom. The van der Waals surface area contributed by atoms with Crippen LogP contribution in [0.5, 0.6) is 5.75 Å². The minimum atomic E-state index is -0.0376. The molecule has 1 aromatic carbocycles. The number of aromatic hydroxyl groups is 1. The highest BCUT2D eigenvalue weighted by Gasteiger charge is 2.22. The van der Waals surface area contributed by atoms with Crippen molar-refractivity contribution in [1.82, 2.24) is 5.32 Å². The molecule has 1 aliphatic heterocycles. The SMILES string of the molecule is CC(CC(=O)Nc1cc(Br)ccc1O)C1CCNCC1. The number of anilines is 1. The summed E-state index contributed by atoms with van der Waals surface area (Å²) in [6, 6.07) is 5.01.